The van der Waals surface area contributed by atoms with Crippen LogP contribution in [0.3, 0.4) is 0 Å². The molecule has 0 aliphatic rings. The average molecular weight is 196 g/mol. The van der Waals surface area contributed by atoms with Gasteiger partial charge in [-0.05, 0) is 43.5 Å². The summed E-state index contributed by atoms with van der Waals surface area (Å²) in [5.41, 5.74) is 0. The van der Waals surface area contributed by atoms with Gasteiger partial charge in [-0.15, -0.1) is 0 Å². The van der Waals surface area contributed by atoms with Gasteiger partial charge in [0.1, 0.15) is 11.5 Å². The highest BCUT2D eigenvalue weighted by atomic mass is 16.5. The van der Waals surface area contributed by atoms with Gasteiger partial charge in [-0.2, -0.15) is 0 Å². The molecule has 0 amide bonds. The highest BCUT2D eigenvalue weighted by Crippen LogP contribution is 2.16. The van der Waals surface area contributed by atoms with E-state index >= 15 is 0 Å². The molecule has 0 fully saturated rings. The number of hydrogen-bond donors (Lipinski definition) is 2. The second-order valence-corrected chi connectivity index (χ2v) is 3.13. The largest absolute Gasteiger partial charge is 0.508 e. The molecule has 14 heavy (non-hydrogen) atoms. The highest BCUT2D eigenvalue weighted by Gasteiger charge is 1.93. The molecule has 0 aliphatic heterocycles. The van der Waals surface area contributed by atoms with E-state index in [2.05, 4.69) is 0 Å². The van der Waals surface area contributed by atoms with E-state index in [0.717, 1.165) is 25.0 Å². The quantitative estimate of drug-likeness (QED) is 0.683. The third-order valence-electron chi connectivity index (χ3n) is 1.91. The maximum atomic E-state index is 9.01. The molecule has 0 saturated heterocycles. The third kappa shape index (κ3) is 4.14. The lowest BCUT2D eigenvalue weighted by Gasteiger charge is -2.05. The van der Waals surface area contributed by atoms with E-state index in [9.17, 15) is 0 Å². The van der Waals surface area contributed by atoms with Gasteiger partial charge in [0, 0.05) is 6.61 Å². The number of aliphatic hydroxyl groups is 1. The van der Waals surface area contributed by atoms with E-state index in [1.807, 2.05) is 0 Å². The Balaban J connectivity index is 2.15. The Labute approximate surface area is 84.0 Å². The molecule has 1 aromatic rings. The molecule has 2 N–H and O–H groups in total. The molecule has 0 heterocycles. The van der Waals surface area contributed by atoms with E-state index in [0.29, 0.717) is 6.61 Å². The van der Waals surface area contributed by atoms with Gasteiger partial charge in [0.05, 0.1) is 6.61 Å². The molecule has 0 aliphatic carbocycles. The van der Waals surface area contributed by atoms with Crippen molar-refractivity contribution in [3.05, 3.63) is 24.3 Å². The van der Waals surface area contributed by atoms with Crippen molar-refractivity contribution in [1.82, 2.24) is 0 Å². The third-order valence-corrected chi connectivity index (χ3v) is 1.91. The molecule has 1 aromatic carbocycles. The summed E-state index contributed by atoms with van der Waals surface area (Å²) in [6.07, 6.45) is 2.76. The second kappa shape index (κ2) is 6.27. The van der Waals surface area contributed by atoms with Crippen LogP contribution in [0.1, 0.15) is 19.3 Å². The molecule has 0 atom stereocenters. The summed E-state index contributed by atoms with van der Waals surface area (Å²) < 4.78 is 5.41. The van der Waals surface area contributed by atoms with Crippen molar-refractivity contribution in [3.8, 4) is 11.5 Å². The van der Waals surface area contributed by atoms with E-state index < -0.39 is 0 Å². The maximum absolute atomic E-state index is 9.01. The summed E-state index contributed by atoms with van der Waals surface area (Å²) in [6, 6.07) is 6.68. The first-order valence-corrected chi connectivity index (χ1v) is 4.85. The predicted molar refractivity (Wildman–Crippen MR) is 54.5 cm³/mol. The minimum Gasteiger partial charge on any atom is -0.508 e. The fourth-order valence-electron chi connectivity index (χ4n) is 1.12. The Kier molecular flexibility index (Phi) is 4.86. The average Bonchev–Trinajstić information content (AvgIpc) is 2.21. The number of phenols is 1. The van der Waals surface area contributed by atoms with Gasteiger partial charge in [-0.1, -0.05) is 0 Å². The van der Waals surface area contributed by atoms with Gasteiger partial charge in [0.2, 0.25) is 0 Å². The summed E-state index contributed by atoms with van der Waals surface area (Å²) in [5.74, 6) is 1.02. The topological polar surface area (TPSA) is 49.7 Å². The molecule has 78 valence electrons. The minimum atomic E-state index is 0.248. The number of hydrogen-bond acceptors (Lipinski definition) is 3. The first-order chi connectivity index (χ1) is 6.83. The van der Waals surface area contributed by atoms with Crippen LogP contribution in [0.4, 0.5) is 0 Å². The Hall–Kier alpha value is -1.22. The Bertz CT molecular complexity index is 243. The molecule has 3 heteroatoms. The Morgan fingerprint density at radius 1 is 1.00 bits per heavy atom. The molecule has 1 rings (SSSR count). The first-order valence-electron chi connectivity index (χ1n) is 4.85. The fourth-order valence-corrected chi connectivity index (χ4v) is 1.12. The summed E-state index contributed by atoms with van der Waals surface area (Å²) in [7, 11) is 0. The standard InChI is InChI=1S/C11H16O3/c12-8-2-1-3-9-14-11-6-4-10(13)5-7-11/h4-7,12-13H,1-3,8-9H2. The Morgan fingerprint density at radius 2 is 1.71 bits per heavy atom. The van der Waals surface area contributed by atoms with Crippen LogP contribution < -0.4 is 4.74 Å². The van der Waals surface area contributed by atoms with Gasteiger partial charge in [-0.25, -0.2) is 0 Å². The monoisotopic (exact) mass is 196 g/mol. The van der Waals surface area contributed by atoms with Crippen LogP contribution in [0.2, 0.25) is 0 Å². The van der Waals surface area contributed by atoms with Crippen LogP contribution in [-0.4, -0.2) is 23.4 Å². The zero-order valence-electron chi connectivity index (χ0n) is 8.15. The van der Waals surface area contributed by atoms with E-state index in [1.165, 1.54) is 0 Å². The normalized spacial score (nSPS) is 10.1. The molecule has 0 unspecified atom stereocenters. The van der Waals surface area contributed by atoms with Gasteiger partial charge in [0.25, 0.3) is 0 Å². The lowest BCUT2D eigenvalue weighted by atomic mass is 10.2. The zero-order chi connectivity index (χ0) is 10.2. The van der Waals surface area contributed by atoms with Crippen molar-refractivity contribution >= 4 is 0 Å². The SMILES string of the molecule is OCCCCCOc1ccc(O)cc1. The Morgan fingerprint density at radius 3 is 2.36 bits per heavy atom. The number of ether oxygens (including phenoxy) is 1. The van der Waals surface area contributed by atoms with Crippen LogP contribution in [0, 0.1) is 0 Å². The van der Waals surface area contributed by atoms with Crippen LogP contribution in [0.15, 0.2) is 24.3 Å². The molecule has 3 nitrogen and oxygen atoms in total. The smallest absolute Gasteiger partial charge is 0.119 e. The molecular formula is C11H16O3. The number of unbranched alkanes of at least 4 members (excludes halogenated alkanes) is 2. The van der Waals surface area contributed by atoms with E-state index in [4.69, 9.17) is 14.9 Å². The van der Waals surface area contributed by atoms with Crippen LogP contribution in [-0.2, 0) is 0 Å². The predicted octanol–water partition coefficient (Wildman–Crippen LogP) is 1.93. The van der Waals surface area contributed by atoms with Crippen LogP contribution in [0.5, 0.6) is 11.5 Å². The summed E-state index contributed by atoms with van der Waals surface area (Å²) in [6.45, 7) is 0.907. The van der Waals surface area contributed by atoms with Crippen molar-refractivity contribution in [3.63, 3.8) is 0 Å². The molecule has 0 spiro atoms. The molecule has 0 radical (unpaired) electrons. The molecule has 0 saturated carbocycles. The summed E-state index contributed by atoms with van der Waals surface area (Å²) >= 11 is 0. The first kappa shape index (κ1) is 10.9. The maximum Gasteiger partial charge on any atom is 0.119 e. The summed E-state index contributed by atoms with van der Waals surface area (Å²) in [4.78, 5) is 0. The van der Waals surface area contributed by atoms with Crippen molar-refractivity contribution in [2.75, 3.05) is 13.2 Å². The van der Waals surface area contributed by atoms with Crippen molar-refractivity contribution < 1.29 is 14.9 Å². The lowest BCUT2D eigenvalue weighted by Crippen LogP contribution is -1.97. The minimum absolute atomic E-state index is 0.248. The fraction of sp³-hybridized carbons (Fsp3) is 0.455. The molecule has 0 aromatic heterocycles. The lowest BCUT2D eigenvalue weighted by molar-refractivity contribution is 0.266. The van der Waals surface area contributed by atoms with Crippen molar-refractivity contribution in [2.24, 2.45) is 0 Å². The number of rotatable bonds is 6. The van der Waals surface area contributed by atoms with Gasteiger partial charge in [-0.3, -0.25) is 0 Å². The molecule has 0 bridgehead atoms. The summed E-state index contributed by atoms with van der Waals surface area (Å²) in [5, 5.41) is 17.6. The number of aliphatic hydroxyl groups excluding tert-OH is 1. The zero-order valence-corrected chi connectivity index (χ0v) is 8.15. The van der Waals surface area contributed by atoms with Crippen LogP contribution >= 0.6 is 0 Å². The van der Waals surface area contributed by atoms with Gasteiger partial charge in [0.15, 0.2) is 0 Å². The van der Waals surface area contributed by atoms with Crippen molar-refractivity contribution in [2.45, 2.75) is 19.3 Å². The molecular weight excluding hydrogens is 180 g/mol. The van der Waals surface area contributed by atoms with E-state index in [-0.39, 0.29) is 12.4 Å². The van der Waals surface area contributed by atoms with Gasteiger partial charge < -0.3 is 14.9 Å². The van der Waals surface area contributed by atoms with Gasteiger partial charge >= 0.3 is 0 Å². The second-order valence-electron chi connectivity index (χ2n) is 3.13. The van der Waals surface area contributed by atoms with Crippen LogP contribution in [0.25, 0.3) is 0 Å². The van der Waals surface area contributed by atoms with E-state index in [1.54, 1.807) is 24.3 Å². The number of benzene rings is 1. The number of aromatic hydroxyl groups is 1. The highest BCUT2D eigenvalue weighted by molar-refractivity contribution is 5.29. The van der Waals surface area contributed by atoms with Crippen molar-refractivity contribution in [1.29, 1.82) is 0 Å². The number of phenolic OH excluding ortho intramolecular Hbond substituents is 1.